The Hall–Kier alpha value is -3.48. The number of imide groups is 1. The monoisotopic (exact) mass is 406 g/mol. The van der Waals surface area contributed by atoms with E-state index in [2.05, 4.69) is 5.32 Å². The van der Waals surface area contributed by atoms with Gasteiger partial charge in [0, 0.05) is 5.56 Å². The minimum Gasteiger partial charge on any atom is -0.451 e. The van der Waals surface area contributed by atoms with Crippen LogP contribution < -0.4 is 5.32 Å². The number of hydrogen-bond donors (Lipinski definition) is 1. The van der Waals surface area contributed by atoms with Gasteiger partial charge in [0.1, 0.15) is 0 Å². The molecule has 1 aliphatic heterocycles. The fourth-order valence-electron chi connectivity index (χ4n) is 3.84. The van der Waals surface area contributed by atoms with Gasteiger partial charge in [0.25, 0.3) is 0 Å². The molecule has 0 saturated carbocycles. The highest BCUT2D eigenvalue weighted by atomic mass is 16.5. The van der Waals surface area contributed by atoms with Gasteiger partial charge in [0.2, 0.25) is 11.7 Å². The van der Waals surface area contributed by atoms with E-state index in [0.29, 0.717) is 11.1 Å². The highest BCUT2D eigenvalue weighted by molar-refractivity contribution is 6.02. The zero-order chi connectivity index (χ0) is 21.3. The van der Waals surface area contributed by atoms with Gasteiger partial charge in [-0.25, -0.2) is 9.59 Å². The van der Waals surface area contributed by atoms with Crippen LogP contribution in [-0.2, 0) is 28.9 Å². The van der Waals surface area contributed by atoms with Gasteiger partial charge in [-0.1, -0.05) is 24.3 Å². The topological polar surface area (TPSA) is 92.8 Å². The second kappa shape index (κ2) is 8.10. The molecule has 1 unspecified atom stereocenters. The first-order valence-electron chi connectivity index (χ1n) is 9.96. The van der Waals surface area contributed by atoms with E-state index in [0.717, 1.165) is 24.2 Å². The Morgan fingerprint density at radius 1 is 1.07 bits per heavy atom. The maximum atomic E-state index is 12.7. The average molecular weight is 406 g/mol. The Morgan fingerprint density at radius 3 is 2.63 bits per heavy atom. The Balaban J connectivity index is 1.42. The number of carbonyl (C=O) groups excluding carboxylic acids is 4. The summed E-state index contributed by atoms with van der Waals surface area (Å²) < 4.78 is 5.39. The van der Waals surface area contributed by atoms with E-state index in [-0.39, 0.29) is 30.3 Å². The number of hydrogen-bond acceptors (Lipinski definition) is 5. The third-order valence-corrected chi connectivity index (χ3v) is 5.48. The number of ether oxygens (including phenoxy) is 1. The minimum atomic E-state index is -0.924. The highest BCUT2D eigenvalue weighted by Gasteiger charge is 2.28. The molecule has 1 saturated heterocycles. The van der Waals surface area contributed by atoms with Crippen molar-refractivity contribution in [3.05, 3.63) is 70.3 Å². The molecule has 2 aliphatic rings. The Bertz CT molecular complexity index is 1030. The first kappa shape index (κ1) is 19.8. The van der Waals surface area contributed by atoms with Crippen LogP contribution in [0.15, 0.2) is 42.5 Å². The number of nitrogens with zero attached hydrogens (tertiary/aromatic N) is 1. The zero-order valence-electron chi connectivity index (χ0n) is 16.6. The SMILES string of the molecule is CC(OC(=O)c1cccc(CN2C(=O)CNC2=O)c1)C(=O)c1ccc2c(c1)CCC2. The lowest BCUT2D eigenvalue weighted by Gasteiger charge is -2.15. The maximum Gasteiger partial charge on any atom is 0.338 e. The van der Waals surface area contributed by atoms with Gasteiger partial charge in [0.15, 0.2) is 6.10 Å². The molecule has 1 aliphatic carbocycles. The summed E-state index contributed by atoms with van der Waals surface area (Å²) in [4.78, 5) is 49.8. The summed E-state index contributed by atoms with van der Waals surface area (Å²) in [6.45, 7) is 1.60. The molecule has 30 heavy (non-hydrogen) atoms. The van der Waals surface area contributed by atoms with Gasteiger partial charge in [-0.05, 0) is 61.1 Å². The second-order valence-corrected chi connectivity index (χ2v) is 7.59. The first-order chi connectivity index (χ1) is 14.4. The normalized spacial score (nSPS) is 16.2. The molecule has 7 nitrogen and oxygen atoms in total. The fraction of sp³-hybridized carbons (Fsp3) is 0.304. The summed E-state index contributed by atoms with van der Waals surface area (Å²) in [7, 11) is 0. The molecule has 1 N–H and O–H groups in total. The number of benzene rings is 2. The van der Waals surface area contributed by atoms with E-state index < -0.39 is 18.1 Å². The molecule has 0 spiro atoms. The number of amides is 3. The van der Waals surface area contributed by atoms with Crippen molar-refractivity contribution in [2.24, 2.45) is 0 Å². The van der Waals surface area contributed by atoms with Crippen LogP contribution in [0.25, 0.3) is 0 Å². The molecule has 1 atom stereocenters. The Labute approximate surface area is 174 Å². The van der Waals surface area contributed by atoms with Crippen LogP contribution >= 0.6 is 0 Å². The van der Waals surface area contributed by atoms with Gasteiger partial charge in [-0.2, -0.15) is 0 Å². The van der Waals surface area contributed by atoms with Crippen molar-refractivity contribution >= 4 is 23.7 Å². The molecular weight excluding hydrogens is 384 g/mol. The van der Waals surface area contributed by atoms with Crippen molar-refractivity contribution in [2.45, 2.75) is 38.8 Å². The van der Waals surface area contributed by atoms with Crippen molar-refractivity contribution in [1.29, 1.82) is 0 Å². The predicted molar refractivity (Wildman–Crippen MR) is 108 cm³/mol. The average Bonchev–Trinajstić information content (AvgIpc) is 3.34. The number of Topliss-reactive ketones (excluding diaryl/α,β-unsaturated/α-hetero) is 1. The van der Waals surface area contributed by atoms with Gasteiger partial charge in [-0.15, -0.1) is 0 Å². The maximum absolute atomic E-state index is 12.7. The molecule has 1 fully saturated rings. The quantitative estimate of drug-likeness (QED) is 0.452. The van der Waals surface area contributed by atoms with E-state index in [1.165, 1.54) is 11.1 Å². The van der Waals surface area contributed by atoms with Crippen LogP contribution in [0.5, 0.6) is 0 Å². The molecule has 0 radical (unpaired) electrons. The molecule has 1 heterocycles. The van der Waals surface area contributed by atoms with Crippen molar-refractivity contribution in [3.8, 4) is 0 Å². The molecule has 3 amide bonds. The smallest absolute Gasteiger partial charge is 0.338 e. The number of urea groups is 1. The summed E-state index contributed by atoms with van der Waals surface area (Å²) in [6, 6.07) is 11.7. The molecule has 0 aromatic heterocycles. The minimum absolute atomic E-state index is 0.0249. The van der Waals surface area contributed by atoms with Gasteiger partial charge in [0.05, 0.1) is 18.7 Å². The fourth-order valence-corrected chi connectivity index (χ4v) is 3.84. The number of aryl methyl sites for hydroxylation is 2. The Morgan fingerprint density at radius 2 is 1.87 bits per heavy atom. The largest absolute Gasteiger partial charge is 0.451 e. The predicted octanol–water partition coefficient (Wildman–Crippen LogP) is 2.66. The lowest BCUT2D eigenvalue weighted by Crippen LogP contribution is -2.30. The molecule has 154 valence electrons. The number of nitrogens with one attached hydrogen (secondary N) is 1. The van der Waals surface area contributed by atoms with E-state index in [1.54, 1.807) is 37.3 Å². The van der Waals surface area contributed by atoms with Crippen LogP contribution in [-0.4, -0.2) is 41.2 Å². The van der Waals surface area contributed by atoms with Gasteiger partial charge in [-0.3, -0.25) is 14.5 Å². The molecule has 0 bridgehead atoms. The summed E-state index contributed by atoms with van der Waals surface area (Å²) >= 11 is 0. The van der Waals surface area contributed by atoms with E-state index >= 15 is 0 Å². The zero-order valence-corrected chi connectivity index (χ0v) is 16.6. The van der Waals surface area contributed by atoms with Crippen molar-refractivity contribution in [3.63, 3.8) is 0 Å². The highest BCUT2D eigenvalue weighted by Crippen LogP contribution is 2.24. The summed E-state index contributed by atoms with van der Waals surface area (Å²) in [6.07, 6.45) is 2.18. The number of esters is 1. The van der Waals surface area contributed by atoms with Crippen LogP contribution in [0.1, 0.15) is 50.8 Å². The van der Waals surface area contributed by atoms with Crippen molar-refractivity contribution < 1.29 is 23.9 Å². The van der Waals surface area contributed by atoms with Gasteiger partial charge < -0.3 is 10.1 Å². The Kier molecular flexibility index (Phi) is 5.35. The number of rotatable bonds is 6. The summed E-state index contributed by atoms with van der Waals surface area (Å²) in [5.41, 5.74) is 3.88. The van der Waals surface area contributed by atoms with Crippen molar-refractivity contribution in [1.82, 2.24) is 10.2 Å². The van der Waals surface area contributed by atoms with Crippen LogP contribution in [0, 0.1) is 0 Å². The third-order valence-electron chi connectivity index (χ3n) is 5.48. The second-order valence-electron chi connectivity index (χ2n) is 7.59. The molecule has 7 heteroatoms. The van der Waals surface area contributed by atoms with E-state index in [1.807, 2.05) is 12.1 Å². The number of carbonyl (C=O) groups is 4. The van der Waals surface area contributed by atoms with Crippen LogP contribution in [0.4, 0.5) is 4.79 Å². The summed E-state index contributed by atoms with van der Waals surface area (Å²) in [5, 5.41) is 2.45. The lowest BCUT2D eigenvalue weighted by molar-refractivity contribution is -0.125. The molecular formula is C23H22N2O5. The number of fused-ring (bicyclic) bond motifs is 1. The summed E-state index contributed by atoms with van der Waals surface area (Å²) in [5.74, 6) is -1.19. The molecule has 2 aromatic carbocycles. The molecule has 2 aromatic rings. The van der Waals surface area contributed by atoms with E-state index in [4.69, 9.17) is 4.74 Å². The van der Waals surface area contributed by atoms with Gasteiger partial charge >= 0.3 is 12.0 Å². The lowest BCUT2D eigenvalue weighted by atomic mass is 10.0. The standard InChI is InChI=1S/C23H22N2O5/c1-14(21(27)18-9-8-16-5-3-6-17(16)11-18)30-22(28)19-7-2-4-15(10-19)13-25-20(26)12-24-23(25)29/h2,4,7-11,14H,3,5-6,12-13H2,1H3,(H,24,29). The molecule has 4 rings (SSSR count). The van der Waals surface area contributed by atoms with Crippen molar-refractivity contribution in [2.75, 3.05) is 6.54 Å². The third kappa shape index (κ3) is 3.96. The van der Waals surface area contributed by atoms with E-state index in [9.17, 15) is 19.2 Å². The van der Waals surface area contributed by atoms with Crippen LogP contribution in [0.3, 0.4) is 0 Å². The number of ketones is 1. The van der Waals surface area contributed by atoms with Crippen LogP contribution in [0.2, 0.25) is 0 Å². The first-order valence-corrected chi connectivity index (χ1v) is 9.96.